The maximum Gasteiger partial charge on any atom is 0.287 e. The van der Waals surface area contributed by atoms with Gasteiger partial charge in [0.15, 0.2) is 0 Å². The van der Waals surface area contributed by atoms with Gasteiger partial charge in [-0.25, -0.2) is 0 Å². The maximum atomic E-state index is 12.4. The van der Waals surface area contributed by atoms with E-state index in [1.165, 1.54) is 13.8 Å². The minimum Gasteiger partial charge on any atom is -0.457 e. The number of hydrogen-bond donors (Lipinski definition) is 5. The highest BCUT2D eigenvalue weighted by Gasteiger charge is 2.32. The zero-order valence-corrected chi connectivity index (χ0v) is 23.8. The van der Waals surface area contributed by atoms with E-state index in [9.17, 15) is 29.4 Å². The van der Waals surface area contributed by atoms with Gasteiger partial charge in [-0.3, -0.25) is 19.2 Å². The Morgan fingerprint density at radius 1 is 0.810 bits per heavy atom. The first-order chi connectivity index (χ1) is 20.1. The molecular weight excluding hydrogens is 538 g/mol. The number of nitrogens with one attached hydrogen (secondary N) is 3. The summed E-state index contributed by atoms with van der Waals surface area (Å²) in [6.07, 6.45) is -0.810. The standard InChI is InChI=1S/C32H37N3O7/c1-32(2,21-36)29(39)31(41)33-19-18-27(37)30(40)34-20-23-8-13-24(14-9-23)35-28(38)17-12-22-10-15-26(16-11-22)42-25-6-4-3-5-7-25/h3-11,13-16,29,36,39H,12,17-21H2,1-2H3,(H,33,41)(H,34,40)(H,35,38)/t29-/m0/s1. The van der Waals surface area contributed by atoms with Gasteiger partial charge < -0.3 is 30.9 Å². The molecule has 0 aliphatic heterocycles. The van der Waals surface area contributed by atoms with Crippen LogP contribution in [-0.4, -0.2) is 53.0 Å². The highest BCUT2D eigenvalue weighted by atomic mass is 16.5. The zero-order valence-electron chi connectivity index (χ0n) is 23.8. The molecule has 0 fully saturated rings. The van der Waals surface area contributed by atoms with Gasteiger partial charge in [0.1, 0.15) is 17.6 Å². The summed E-state index contributed by atoms with van der Waals surface area (Å²) in [7, 11) is 0. The summed E-state index contributed by atoms with van der Waals surface area (Å²) < 4.78 is 5.79. The van der Waals surface area contributed by atoms with Gasteiger partial charge in [-0.15, -0.1) is 0 Å². The second kappa shape index (κ2) is 15.5. The number of Topliss-reactive ketones (excluding diaryl/α,β-unsaturated/α-hetero) is 1. The Balaban J connectivity index is 1.35. The molecule has 10 nitrogen and oxygen atoms in total. The fourth-order valence-corrected chi connectivity index (χ4v) is 3.77. The maximum absolute atomic E-state index is 12.4. The quantitative estimate of drug-likeness (QED) is 0.175. The minimum absolute atomic E-state index is 0.110. The molecule has 0 heterocycles. The molecule has 3 rings (SSSR count). The Morgan fingerprint density at radius 2 is 1.43 bits per heavy atom. The summed E-state index contributed by atoms with van der Waals surface area (Å²) in [5.41, 5.74) is 1.32. The van der Waals surface area contributed by atoms with Gasteiger partial charge in [0.25, 0.3) is 5.91 Å². The summed E-state index contributed by atoms with van der Waals surface area (Å²) in [5.74, 6) is -0.889. The Morgan fingerprint density at radius 3 is 2.07 bits per heavy atom. The van der Waals surface area contributed by atoms with Crippen molar-refractivity contribution in [2.24, 2.45) is 5.41 Å². The SMILES string of the molecule is CC(C)(CO)[C@@H](O)C(=O)NCCC(=O)C(=O)NCc1ccc(NC(=O)CCc2ccc(Oc3ccccc3)cc2)cc1. The van der Waals surface area contributed by atoms with Crippen LogP contribution < -0.4 is 20.7 Å². The molecule has 0 bridgehead atoms. The van der Waals surface area contributed by atoms with Gasteiger partial charge in [0, 0.05) is 37.0 Å². The highest BCUT2D eigenvalue weighted by molar-refractivity contribution is 6.36. The Labute approximate surface area is 245 Å². The average molecular weight is 576 g/mol. The fraction of sp³-hybridized carbons (Fsp3) is 0.312. The van der Waals surface area contributed by atoms with Crippen molar-refractivity contribution in [3.05, 3.63) is 90.0 Å². The lowest BCUT2D eigenvalue weighted by atomic mass is 9.87. The number of para-hydroxylation sites is 1. The number of benzene rings is 3. The predicted molar refractivity (Wildman–Crippen MR) is 158 cm³/mol. The van der Waals surface area contributed by atoms with E-state index in [2.05, 4.69) is 16.0 Å². The third-order valence-electron chi connectivity index (χ3n) is 6.53. The second-order valence-corrected chi connectivity index (χ2v) is 10.5. The molecule has 3 aromatic carbocycles. The molecule has 42 heavy (non-hydrogen) atoms. The summed E-state index contributed by atoms with van der Waals surface area (Å²) in [4.78, 5) is 48.6. The highest BCUT2D eigenvalue weighted by Crippen LogP contribution is 2.22. The molecule has 3 aromatic rings. The van der Waals surface area contributed by atoms with Crippen molar-refractivity contribution in [2.75, 3.05) is 18.5 Å². The van der Waals surface area contributed by atoms with Crippen molar-refractivity contribution in [1.29, 1.82) is 0 Å². The van der Waals surface area contributed by atoms with E-state index >= 15 is 0 Å². The molecule has 0 aliphatic carbocycles. The number of aliphatic hydroxyl groups is 2. The van der Waals surface area contributed by atoms with Crippen LogP contribution in [0.25, 0.3) is 0 Å². The number of carbonyl (C=O) groups excluding carboxylic acids is 4. The summed E-state index contributed by atoms with van der Waals surface area (Å²) in [5, 5.41) is 27.0. The lowest BCUT2D eigenvalue weighted by Gasteiger charge is -2.27. The first kappa shape index (κ1) is 32.0. The molecule has 0 aliphatic rings. The van der Waals surface area contributed by atoms with Crippen LogP contribution in [0.3, 0.4) is 0 Å². The van der Waals surface area contributed by atoms with E-state index < -0.39 is 35.7 Å². The monoisotopic (exact) mass is 575 g/mol. The number of rotatable bonds is 15. The second-order valence-electron chi connectivity index (χ2n) is 10.5. The Bertz CT molecular complexity index is 1340. The van der Waals surface area contributed by atoms with Crippen molar-refractivity contribution in [3.8, 4) is 11.5 Å². The number of amides is 3. The first-order valence-electron chi connectivity index (χ1n) is 13.7. The smallest absolute Gasteiger partial charge is 0.287 e. The third kappa shape index (κ3) is 10.1. The van der Waals surface area contributed by atoms with Crippen molar-refractivity contribution in [3.63, 3.8) is 0 Å². The van der Waals surface area contributed by atoms with E-state index in [-0.39, 0.29) is 25.4 Å². The van der Waals surface area contributed by atoms with E-state index in [0.29, 0.717) is 18.5 Å². The van der Waals surface area contributed by atoms with Crippen molar-refractivity contribution < 1.29 is 34.1 Å². The van der Waals surface area contributed by atoms with Gasteiger partial charge in [0.2, 0.25) is 17.6 Å². The van der Waals surface area contributed by atoms with Crippen LogP contribution in [-0.2, 0) is 32.1 Å². The zero-order chi connectivity index (χ0) is 30.5. The van der Waals surface area contributed by atoms with E-state index in [1.54, 1.807) is 24.3 Å². The van der Waals surface area contributed by atoms with Crippen LogP contribution in [0.15, 0.2) is 78.9 Å². The van der Waals surface area contributed by atoms with Crippen LogP contribution in [0.5, 0.6) is 11.5 Å². The number of ketones is 1. The molecule has 10 heteroatoms. The van der Waals surface area contributed by atoms with Crippen LogP contribution in [0.4, 0.5) is 5.69 Å². The molecule has 0 saturated heterocycles. The topological polar surface area (TPSA) is 154 Å². The van der Waals surface area contributed by atoms with Gasteiger partial charge in [-0.1, -0.05) is 56.3 Å². The number of aliphatic hydroxyl groups excluding tert-OH is 2. The van der Waals surface area contributed by atoms with E-state index in [1.807, 2.05) is 54.6 Å². The molecule has 0 unspecified atom stereocenters. The van der Waals surface area contributed by atoms with Crippen LogP contribution >= 0.6 is 0 Å². The largest absolute Gasteiger partial charge is 0.457 e. The summed E-state index contributed by atoms with van der Waals surface area (Å²) in [6.45, 7) is 2.66. The summed E-state index contributed by atoms with van der Waals surface area (Å²) >= 11 is 0. The number of hydrogen-bond acceptors (Lipinski definition) is 7. The summed E-state index contributed by atoms with van der Waals surface area (Å²) in [6, 6.07) is 24.0. The fourth-order valence-electron chi connectivity index (χ4n) is 3.77. The molecule has 0 saturated carbocycles. The first-order valence-corrected chi connectivity index (χ1v) is 13.7. The van der Waals surface area contributed by atoms with Crippen LogP contribution in [0.1, 0.15) is 37.8 Å². The molecule has 222 valence electrons. The van der Waals surface area contributed by atoms with E-state index in [4.69, 9.17) is 4.74 Å². The lowest BCUT2D eigenvalue weighted by Crippen LogP contribution is -2.46. The van der Waals surface area contributed by atoms with Crippen LogP contribution in [0, 0.1) is 5.41 Å². The molecule has 0 aromatic heterocycles. The normalized spacial score (nSPS) is 11.7. The number of ether oxygens (including phenoxy) is 1. The molecule has 1 atom stereocenters. The van der Waals surface area contributed by atoms with Gasteiger partial charge in [-0.2, -0.15) is 0 Å². The average Bonchev–Trinajstić information content (AvgIpc) is 3.00. The molecule has 0 radical (unpaired) electrons. The predicted octanol–water partition coefficient (Wildman–Crippen LogP) is 3.12. The molecule has 5 N–H and O–H groups in total. The van der Waals surface area contributed by atoms with Gasteiger partial charge >= 0.3 is 0 Å². The Hall–Kier alpha value is -4.54. The van der Waals surface area contributed by atoms with Crippen molar-refractivity contribution in [1.82, 2.24) is 10.6 Å². The van der Waals surface area contributed by atoms with Crippen molar-refractivity contribution in [2.45, 2.75) is 45.8 Å². The van der Waals surface area contributed by atoms with Gasteiger partial charge in [0.05, 0.1) is 6.61 Å². The van der Waals surface area contributed by atoms with E-state index in [0.717, 1.165) is 22.6 Å². The van der Waals surface area contributed by atoms with Crippen LogP contribution in [0.2, 0.25) is 0 Å². The lowest BCUT2D eigenvalue weighted by molar-refractivity contribution is -0.139. The Kier molecular flexibility index (Phi) is 11.8. The van der Waals surface area contributed by atoms with Gasteiger partial charge in [-0.05, 0) is 53.9 Å². The molecule has 0 spiro atoms. The number of carbonyl (C=O) groups is 4. The van der Waals surface area contributed by atoms with Crippen molar-refractivity contribution >= 4 is 29.2 Å². The number of aryl methyl sites for hydroxylation is 1. The minimum atomic E-state index is -1.45. The molecular formula is C32H37N3O7. The number of anilines is 1. The third-order valence-corrected chi connectivity index (χ3v) is 6.53. The molecule has 3 amide bonds.